The highest BCUT2D eigenvalue weighted by Crippen LogP contribution is 2.24. The molecule has 3 aromatic rings. The Labute approximate surface area is 177 Å². The number of hydrogen-bond donors (Lipinski definition) is 2. The second kappa shape index (κ2) is 8.52. The summed E-state index contributed by atoms with van der Waals surface area (Å²) in [4.78, 5) is 22.7. The Morgan fingerprint density at radius 1 is 1.03 bits per heavy atom. The number of nitrogens with zero attached hydrogens (tertiary/aromatic N) is 1. The molecule has 0 atom stereocenters. The molecule has 8 nitrogen and oxygen atoms in total. The van der Waals surface area contributed by atoms with Gasteiger partial charge >= 0.3 is 0 Å². The van der Waals surface area contributed by atoms with Crippen LogP contribution in [0.4, 0.5) is 17.1 Å². The molecule has 30 heavy (non-hydrogen) atoms. The smallest absolute Gasteiger partial charge is 0.270 e. The van der Waals surface area contributed by atoms with Gasteiger partial charge in [0.2, 0.25) is 0 Å². The molecule has 0 saturated carbocycles. The largest absolute Gasteiger partial charge is 0.322 e. The van der Waals surface area contributed by atoms with Crippen molar-refractivity contribution in [2.45, 2.75) is 11.8 Å². The molecule has 3 rings (SSSR count). The third-order valence-electron chi connectivity index (χ3n) is 4.22. The summed E-state index contributed by atoms with van der Waals surface area (Å²) in [6, 6.07) is 16.0. The van der Waals surface area contributed by atoms with E-state index < -0.39 is 20.9 Å². The van der Waals surface area contributed by atoms with Gasteiger partial charge in [-0.15, -0.1) is 0 Å². The van der Waals surface area contributed by atoms with Gasteiger partial charge in [0.1, 0.15) is 0 Å². The number of nitro groups is 1. The number of benzene rings is 3. The number of rotatable bonds is 6. The number of nitro benzene ring substituents is 1. The topological polar surface area (TPSA) is 118 Å². The van der Waals surface area contributed by atoms with E-state index in [1.165, 1.54) is 36.4 Å². The van der Waals surface area contributed by atoms with Crippen molar-refractivity contribution in [3.8, 4) is 0 Å². The highest BCUT2D eigenvalue weighted by Gasteiger charge is 2.18. The lowest BCUT2D eigenvalue weighted by molar-refractivity contribution is -0.384. The fourth-order valence-electron chi connectivity index (χ4n) is 2.61. The molecular formula is C20H16ClN3O5S. The summed E-state index contributed by atoms with van der Waals surface area (Å²) >= 11 is 5.97. The van der Waals surface area contributed by atoms with E-state index in [2.05, 4.69) is 10.0 Å². The van der Waals surface area contributed by atoms with Crippen LogP contribution in [0.25, 0.3) is 0 Å². The van der Waals surface area contributed by atoms with Gasteiger partial charge < -0.3 is 5.32 Å². The van der Waals surface area contributed by atoms with Crippen LogP contribution < -0.4 is 10.0 Å². The van der Waals surface area contributed by atoms with Crippen molar-refractivity contribution < 1.29 is 18.1 Å². The first kappa shape index (κ1) is 21.3. The molecule has 0 fully saturated rings. The number of anilines is 2. The van der Waals surface area contributed by atoms with Crippen LogP contribution in [-0.2, 0) is 10.0 Å². The number of para-hydroxylation sites is 1. The van der Waals surface area contributed by atoms with E-state index in [-0.39, 0.29) is 21.2 Å². The molecule has 0 bridgehead atoms. The third-order valence-corrected chi connectivity index (χ3v) is 5.93. The third kappa shape index (κ3) is 4.76. The summed E-state index contributed by atoms with van der Waals surface area (Å²) in [5, 5.41) is 13.5. The first-order chi connectivity index (χ1) is 14.2. The molecule has 10 heteroatoms. The molecule has 0 heterocycles. The minimum absolute atomic E-state index is 0.0112. The zero-order valence-electron chi connectivity index (χ0n) is 15.6. The first-order valence-corrected chi connectivity index (χ1v) is 10.5. The summed E-state index contributed by atoms with van der Waals surface area (Å²) in [6.07, 6.45) is 0. The number of hydrogen-bond acceptors (Lipinski definition) is 5. The lowest BCUT2D eigenvalue weighted by Crippen LogP contribution is -2.15. The number of amides is 1. The van der Waals surface area contributed by atoms with Crippen molar-refractivity contribution in [1.82, 2.24) is 0 Å². The van der Waals surface area contributed by atoms with Gasteiger partial charge in [-0.25, -0.2) is 8.42 Å². The highest BCUT2D eigenvalue weighted by molar-refractivity contribution is 7.92. The van der Waals surface area contributed by atoms with Crippen molar-refractivity contribution in [3.63, 3.8) is 0 Å². The van der Waals surface area contributed by atoms with E-state index in [4.69, 9.17) is 11.6 Å². The fourth-order valence-corrected chi connectivity index (χ4v) is 3.94. The van der Waals surface area contributed by atoms with Crippen LogP contribution in [0.2, 0.25) is 5.02 Å². The van der Waals surface area contributed by atoms with Gasteiger partial charge in [-0.3, -0.25) is 19.6 Å². The summed E-state index contributed by atoms with van der Waals surface area (Å²) in [7, 11) is -3.81. The standard InChI is InChI=1S/C20H16ClN3O5S/c1-13-4-2-3-5-19(13)23-30(28,29)16-9-6-14(7-10-16)22-20(25)17-12-15(24(26)27)8-11-18(17)21/h2-12,23H,1H3,(H,22,25). The van der Waals surface area contributed by atoms with E-state index in [9.17, 15) is 23.3 Å². The van der Waals surface area contributed by atoms with Gasteiger partial charge in [0.25, 0.3) is 21.6 Å². The predicted molar refractivity (Wildman–Crippen MR) is 114 cm³/mol. The van der Waals surface area contributed by atoms with Crippen LogP contribution in [-0.4, -0.2) is 19.2 Å². The Kier molecular flexibility index (Phi) is 6.04. The van der Waals surface area contributed by atoms with Gasteiger partial charge in [0.15, 0.2) is 0 Å². The zero-order valence-corrected chi connectivity index (χ0v) is 17.2. The van der Waals surface area contributed by atoms with Crippen LogP contribution in [0.1, 0.15) is 15.9 Å². The molecular weight excluding hydrogens is 430 g/mol. The monoisotopic (exact) mass is 445 g/mol. The minimum atomic E-state index is -3.81. The lowest BCUT2D eigenvalue weighted by atomic mass is 10.2. The predicted octanol–water partition coefficient (Wildman–Crippen LogP) is 4.61. The Balaban J connectivity index is 1.78. The Hall–Kier alpha value is -3.43. The molecule has 2 N–H and O–H groups in total. The number of halogens is 1. The minimum Gasteiger partial charge on any atom is -0.322 e. The summed E-state index contributed by atoms with van der Waals surface area (Å²) < 4.78 is 27.7. The lowest BCUT2D eigenvalue weighted by Gasteiger charge is -2.11. The second-order valence-electron chi connectivity index (χ2n) is 6.32. The maximum Gasteiger partial charge on any atom is 0.270 e. The van der Waals surface area contributed by atoms with Gasteiger partial charge in [-0.2, -0.15) is 0 Å². The van der Waals surface area contributed by atoms with Gasteiger partial charge in [-0.05, 0) is 48.9 Å². The SMILES string of the molecule is Cc1ccccc1NS(=O)(=O)c1ccc(NC(=O)c2cc([N+](=O)[O-])ccc2Cl)cc1. The Morgan fingerprint density at radius 2 is 1.70 bits per heavy atom. The number of aryl methyl sites for hydroxylation is 1. The summed E-state index contributed by atoms with van der Waals surface area (Å²) in [5.74, 6) is -0.655. The number of carbonyl (C=O) groups excluding carboxylic acids is 1. The van der Waals surface area contributed by atoms with E-state index >= 15 is 0 Å². The molecule has 0 spiro atoms. The zero-order chi connectivity index (χ0) is 21.9. The van der Waals surface area contributed by atoms with Crippen LogP contribution in [0, 0.1) is 17.0 Å². The number of nitrogens with one attached hydrogen (secondary N) is 2. The van der Waals surface area contributed by atoms with E-state index in [0.29, 0.717) is 11.4 Å². The molecule has 0 aliphatic rings. The molecule has 0 aromatic heterocycles. The summed E-state index contributed by atoms with van der Waals surface area (Å²) in [5.41, 5.74) is 1.21. The molecule has 154 valence electrons. The maximum atomic E-state index is 12.6. The van der Waals surface area contributed by atoms with Crippen molar-refractivity contribution in [2.24, 2.45) is 0 Å². The van der Waals surface area contributed by atoms with Crippen LogP contribution in [0.15, 0.2) is 71.6 Å². The average molecular weight is 446 g/mol. The van der Waals surface area contributed by atoms with Crippen molar-refractivity contribution in [1.29, 1.82) is 0 Å². The molecule has 1 amide bonds. The first-order valence-electron chi connectivity index (χ1n) is 8.61. The molecule has 0 saturated heterocycles. The molecule has 0 aliphatic carbocycles. The van der Waals surface area contributed by atoms with E-state index in [0.717, 1.165) is 11.6 Å². The van der Waals surface area contributed by atoms with E-state index in [1.54, 1.807) is 31.2 Å². The Bertz CT molecular complexity index is 1230. The molecule has 3 aromatic carbocycles. The van der Waals surface area contributed by atoms with Gasteiger partial charge in [0, 0.05) is 17.8 Å². The molecule has 0 unspecified atom stereocenters. The van der Waals surface area contributed by atoms with E-state index in [1.807, 2.05) is 0 Å². The summed E-state index contributed by atoms with van der Waals surface area (Å²) in [6.45, 7) is 1.79. The fraction of sp³-hybridized carbons (Fsp3) is 0.0500. The van der Waals surface area contributed by atoms with Crippen LogP contribution in [0.5, 0.6) is 0 Å². The molecule has 0 aliphatic heterocycles. The Morgan fingerprint density at radius 3 is 2.33 bits per heavy atom. The quantitative estimate of drug-likeness (QED) is 0.424. The number of carbonyl (C=O) groups is 1. The maximum absolute atomic E-state index is 12.6. The van der Waals surface area contributed by atoms with Crippen LogP contribution in [0.3, 0.4) is 0 Å². The average Bonchev–Trinajstić information content (AvgIpc) is 2.70. The van der Waals surface area contributed by atoms with Gasteiger partial charge in [-0.1, -0.05) is 29.8 Å². The second-order valence-corrected chi connectivity index (χ2v) is 8.41. The van der Waals surface area contributed by atoms with Crippen LogP contribution >= 0.6 is 11.6 Å². The van der Waals surface area contributed by atoms with Gasteiger partial charge in [0.05, 0.1) is 26.1 Å². The van der Waals surface area contributed by atoms with Crippen molar-refractivity contribution in [2.75, 3.05) is 10.0 Å². The molecule has 0 radical (unpaired) electrons. The van der Waals surface area contributed by atoms with Crippen molar-refractivity contribution in [3.05, 3.63) is 93.0 Å². The van der Waals surface area contributed by atoms with Crippen molar-refractivity contribution >= 4 is 44.6 Å². The number of non-ortho nitro benzene ring substituents is 1. The highest BCUT2D eigenvalue weighted by atomic mass is 35.5. The number of sulfonamides is 1. The normalized spacial score (nSPS) is 11.0.